The molecule has 0 saturated carbocycles. The summed E-state index contributed by atoms with van der Waals surface area (Å²) in [5, 5.41) is 5.75. The Labute approximate surface area is 65.7 Å². The highest BCUT2D eigenvalue weighted by molar-refractivity contribution is 5.73. The van der Waals surface area contributed by atoms with Gasteiger partial charge in [-0.15, -0.1) is 4.91 Å². The molecule has 1 unspecified atom stereocenters. The molecule has 0 bridgehead atoms. The minimum Gasteiger partial charge on any atom is -0.334 e. The van der Waals surface area contributed by atoms with Crippen LogP contribution in [0.2, 0.25) is 0 Å². The zero-order valence-corrected chi connectivity index (χ0v) is 7.00. The van der Waals surface area contributed by atoms with Gasteiger partial charge in [0, 0.05) is 13.1 Å². The fourth-order valence-corrected chi connectivity index (χ4v) is 0.443. The molecule has 0 rings (SSSR count). The minimum atomic E-state index is -0.464. The maximum absolute atomic E-state index is 10.9. The molecule has 0 saturated heterocycles. The molecular formula is C6H13N3O2. The van der Waals surface area contributed by atoms with Gasteiger partial charge in [-0.05, 0) is 13.3 Å². The number of nitrogens with zero attached hydrogens (tertiary/aromatic N) is 2. The SMILES string of the molecule is CCC(C)NC(=O)N(C)N=O. The number of rotatable bonds is 3. The van der Waals surface area contributed by atoms with Crippen molar-refractivity contribution < 1.29 is 4.79 Å². The Hall–Kier alpha value is -1.13. The number of hydrogen-bond donors (Lipinski definition) is 1. The lowest BCUT2D eigenvalue weighted by atomic mass is 10.3. The van der Waals surface area contributed by atoms with Crippen LogP contribution in [0.5, 0.6) is 0 Å². The Morgan fingerprint density at radius 1 is 1.73 bits per heavy atom. The third-order valence-corrected chi connectivity index (χ3v) is 1.40. The van der Waals surface area contributed by atoms with E-state index in [4.69, 9.17) is 0 Å². The van der Waals surface area contributed by atoms with Crippen LogP contribution < -0.4 is 5.32 Å². The molecule has 0 aliphatic rings. The zero-order chi connectivity index (χ0) is 8.85. The van der Waals surface area contributed by atoms with E-state index >= 15 is 0 Å². The van der Waals surface area contributed by atoms with Crippen LogP contribution in [-0.4, -0.2) is 24.1 Å². The van der Waals surface area contributed by atoms with E-state index in [1.54, 1.807) is 0 Å². The van der Waals surface area contributed by atoms with Crippen molar-refractivity contribution in [3.8, 4) is 0 Å². The van der Waals surface area contributed by atoms with Gasteiger partial charge in [-0.25, -0.2) is 4.79 Å². The van der Waals surface area contributed by atoms with Crippen LogP contribution in [0.25, 0.3) is 0 Å². The summed E-state index contributed by atoms with van der Waals surface area (Å²) in [4.78, 5) is 20.7. The van der Waals surface area contributed by atoms with Gasteiger partial charge < -0.3 is 5.32 Å². The van der Waals surface area contributed by atoms with Crippen molar-refractivity contribution in [3.63, 3.8) is 0 Å². The van der Waals surface area contributed by atoms with Crippen LogP contribution in [0.15, 0.2) is 5.29 Å². The van der Waals surface area contributed by atoms with Gasteiger partial charge in [-0.3, -0.25) is 0 Å². The maximum Gasteiger partial charge on any atom is 0.340 e. The lowest BCUT2D eigenvalue weighted by molar-refractivity contribution is 0.206. The number of nitroso groups, excluding NO2 is 1. The predicted octanol–water partition coefficient (Wildman–Crippen LogP) is 1.11. The summed E-state index contributed by atoms with van der Waals surface area (Å²) in [5.74, 6) is 0. The number of nitrogens with one attached hydrogen (secondary N) is 1. The molecule has 0 aliphatic carbocycles. The van der Waals surface area contributed by atoms with Gasteiger partial charge >= 0.3 is 6.03 Å². The van der Waals surface area contributed by atoms with Gasteiger partial charge in [0.25, 0.3) is 0 Å². The quantitative estimate of drug-likeness (QED) is 0.495. The third kappa shape index (κ3) is 3.54. The largest absolute Gasteiger partial charge is 0.340 e. The van der Waals surface area contributed by atoms with E-state index in [0.29, 0.717) is 0 Å². The van der Waals surface area contributed by atoms with Crippen LogP contribution in [0.1, 0.15) is 20.3 Å². The Bertz CT molecular complexity index is 149. The Balaban J connectivity index is 3.77. The summed E-state index contributed by atoms with van der Waals surface area (Å²) < 4.78 is 0. The van der Waals surface area contributed by atoms with E-state index in [-0.39, 0.29) is 6.04 Å². The molecule has 0 fully saturated rings. The van der Waals surface area contributed by atoms with E-state index in [1.807, 2.05) is 13.8 Å². The van der Waals surface area contributed by atoms with E-state index in [2.05, 4.69) is 10.6 Å². The van der Waals surface area contributed by atoms with Crippen molar-refractivity contribution in [2.45, 2.75) is 26.3 Å². The summed E-state index contributed by atoms with van der Waals surface area (Å²) in [7, 11) is 1.31. The first-order chi connectivity index (χ1) is 5.11. The Kier molecular flexibility index (Phi) is 4.17. The van der Waals surface area contributed by atoms with Crippen LogP contribution in [0.4, 0.5) is 4.79 Å². The first-order valence-corrected chi connectivity index (χ1v) is 3.49. The lowest BCUT2D eigenvalue weighted by Crippen LogP contribution is -2.38. The molecule has 11 heavy (non-hydrogen) atoms. The molecule has 2 amide bonds. The molecule has 1 N–H and O–H groups in total. The number of carbonyl (C=O) groups excluding carboxylic acids is 1. The van der Waals surface area contributed by atoms with E-state index in [1.165, 1.54) is 7.05 Å². The average Bonchev–Trinajstić information content (AvgIpc) is 2.02. The zero-order valence-electron chi connectivity index (χ0n) is 7.00. The predicted molar refractivity (Wildman–Crippen MR) is 41.8 cm³/mol. The molecule has 0 aromatic carbocycles. The van der Waals surface area contributed by atoms with E-state index in [0.717, 1.165) is 11.4 Å². The molecule has 0 heterocycles. The molecule has 0 radical (unpaired) electrons. The van der Waals surface area contributed by atoms with Gasteiger partial charge in [0.2, 0.25) is 0 Å². The Morgan fingerprint density at radius 2 is 2.27 bits per heavy atom. The van der Waals surface area contributed by atoms with Crippen LogP contribution in [0.3, 0.4) is 0 Å². The molecule has 5 nitrogen and oxygen atoms in total. The highest BCUT2D eigenvalue weighted by atomic mass is 16.3. The maximum atomic E-state index is 10.9. The van der Waals surface area contributed by atoms with Crippen LogP contribution >= 0.6 is 0 Å². The number of carbonyl (C=O) groups is 1. The summed E-state index contributed by atoms with van der Waals surface area (Å²) in [6, 6.07) is -0.388. The van der Waals surface area contributed by atoms with Gasteiger partial charge in [-0.1, -0.05) is 6.92 Å². The fraction of sp³-hybridized carbons (Fsp3) is 0.833. The molecular weight excluding hydrogens is 146 g/mol. The first-order valence-electron chi connectivity index (χ1n) is 3.49. The van der Waals surface area contributed by atoms with Crippen molar-refractivity contribution in [2.24, 2.45) is 5.29 Å². The second-order valence-corrected chi connectivity index (χ2v) is 2.36. The van der Waals surface area contributed by atoms with E-state index in [9.17, 15) is 9.70 Å². The normalized spacial score (nSPS) is 11.9. The van der Waals surface area contributed by atoms with Crippen molar-refractivity contribution >= 4 is 6.03 Å². The smallest absolute Gasteiger partial charge is 0.334 e. The summed E-state index contributed by atoms with van der Waals surface area (Å²) in [6.45, 7) is 3.80. The van der Waals surface area contributed by atoms with E-state index < -0.39 is 6.03 Å². The third-order valence-electron chi connectivity index (χ3n) is 1.40. The molecule has 0 aliphatic heterocycles. The second kappa shape index (κ2) is 4.65. The monoisotopic (exact) mass is 159 g/mol. The molecule has 0 aromatic heterocycles. The first kappa shape index (κ1) is 9.87. The highest BCUT2D eigenvalue weighted by Crippen LogP contribution is 1.90. The molecule has 64 valence electrons. The standard InChI is InChI=1S/C6H13N3O2/c1-4-5(2)7-6(10)9(3)8-11/h5H,4H2,1-3H3,(H,7,10). The van der Waals surface area contributed by atoms with Gasteiger partial charge in [-0.2, -0.15) is 5.01 Å². The molecule has 1 atom stereocenters. The average molecular weight is 159 g/mol. The van der Waals surface area contributed by atoms with Crippen LogP contribution in [0, 0.1) is 4.91 Å². The number of urea groups is 1. The van der Waals surface area contributed by atoms with Crippen molar-refractivity contribution in [3.05, 3.63) is 4.91 Å². The van der Waals surface area contributed by atoms with Gasteiger partial charge in [0.15, 0.2) is 0 Å². The van der Waals surface area contributed by atoms with Crippen molar-refractivity contribution in [1.82, 2.24) is 10.3 Å². The highest BCUT2D eigenvalue weighted by Gasteiger charge is 2.09. The van der Waals surface area contributed by atoms with Gasteiger partial charge in [0.05, 0.1) is 5.29 Å². The van der Waals surface area contributed by atoms with Gasteiger partial charge in [0.1, 0.15) is 0 Å². The minimum absolute atomic E-state index is 0.0756. The second-order valence-electron chi connectivity index (χ2n) is 2.36. The topological polar surface area (TPSA) is 61.8 Å². The van der Waals surface area contributed by atoms with Crippen LogP contribution in [-0.2, 0) is 0 Å². The van der Waals surface area contributed by atoms with Crippen molar-refractivity contribution in [1.29, 1.82) is 0 Å². The number of hydrogen-bond acceptors (Lipinski definition) is 3. The summed E-state index contributed by atoms with van der Waals surface area (Å²) in [5.41, 5.74) is 0. The molecule has 5 heteroatoms. The summed E-state index contributed by atoms with van der Waals surface area (Å²) >= 11 is 0. The van der Waals surface area contributed by atoms with Crippen molar-refractivity contribution in [2.75, 3.05) is 7.05 Å². The fourth-order valence-electron chi connectivity index (χ4n) is 0.443. The molecule has 0 aromatic rings. The number of amides is 2. The summed E-state index contributed by atoms with van der Waals surface area (Å²) in [6.07, 6.45) is 0.832. The lowest BCUT2D eigenvalue weighted by Gasteiger charge is -2.13. The Morgan fingerprint density at radius 3 is 2.64 bits per heavy atom. The molecule has 0 spiro atoms.